The molecule has 1 rings (SSSR count). The highest BCUT2D eigenvalue weighted by molar-refractivity contribution is 4.64. The Morgan fingerprint density at radius 1 is 0.875 bits per heavy atom. The van der Waals surface area contributed by atoms with Crippen LogP contribution in [0.4, 0.5) is 0 Å². The van der Waals surface area contributed by atoms with Crippen molar-refractivity contribution in [1.82, 2.24) is 20.9 Å². The third kappa shape index (κ3) is 7.14. The van der Waals surface area contributed by atoms with Crippen molar-refractivity contribution in [3.05, 3.63) is 0 Å². The molecular formula is C11H26N4O. The van der Waals surface area contributed by atoms with Gasteiger partial charge in [-0.25, -0.2) is 0 Å². The zero-order valence-corrected chi connectivity index (χ0v) is 10.4. The normalized spacial score (nSPS) is 22.3. The molecule has 0 bridgehead atoms. The summed E-state index contributed by atoms with van der Waals surface area (Å²) in [6, 6.07) is 0. The van der Waals surface area contributed by atoms with Crippen molar-refractivity contribution >= 4 is 0 Å². The summed E-state index contributed by atoms with van der Waals surface area (Å²) < 4.78 is 5.12. The van der Waals surface area contributed by atoms with Gasteiger partial charge in [-0.15, -0.1) is 0 Å². The predicted molar refractivity (Wildman–Crippen MR) is 66.9 cm³/mol. The van der Waals surface area contributed by atoms with E-state index in [0.717, 1.165) is 65.5 Å². The molecule has 0 unspecified atom stereocenters. The van der Waals surface area contributed by atoms with Crippen molar-refractivity contribution in [2.24, 2.45) is 0 Å². The fraction of sp³-hybridized carbons (Fsp3) is 1.00. The Kier molecular flexibility index (Phi) is 8.65. The SMILES string of the molecule is COCCN1CCNCCNCCNCC1. The van der Waals surface area contributed by atoms with Gasteiger partial charge in [0, 0.05) is 66.0 Å². The molecule has 0 aromatic rings. The van der Waals surface area contributed by atoms with E-state index in [1.54, 1.807) is 7.11 Å². The molecule has 1 saturated heterocycles. The Hall–Kier alpha value is -0.200. The Bertz CT molecular complexity index is 145. The second-order valence-electron chi connectivity index (χ2n) is 4.08. The van der Waals surface area contributed by atoms with E-state index >= 15 is 0 Å². The fourth-order valence-corrected chi connectivity index (χ4v) is 1.76. The first kappa shape index (κ1) is 13.9. The van der Waals surface area contributed by atoms with Gasteiger partial charge in [0.25, 0.3) is 0 Å². The molecule has 16 heavy (non-hydrogen) atoms. The second-order valence-corrected chi connectivity index (χ2v) is 4.08. The van der Waals surface area contributed by atoms with Crippen LogP contribution in [0.3, 0.4) is 0 Å². The lowest BCUT2D eigenvalue weighted by Crippen LogP contribution is -2.42. The van der Waals surface area contributed by atoms with Crippen molar-refractivity contribution in [3.63, 3.8) is 0 Å². The summed E-state index contributed by atoms with van der Waals surface area (Å²) in [5.41, 5.74) is 0. The van der Waals surface area contributed by atoms with Crippen LogP contribution in [0.15, 0.2) is 0 Å². The topological polar surface area (TPSA) is 48.6 Å². The second kappa shape index (κ2) is 9.99. The summed E-state index contributed by atoms with van der Waals surface area (Å²) in [6.45, 7) is 10.4. The standard InChI is InChI=1S/C11H26N4O/c1-16-11-10-15-8-6-13-4-2-12-3-5-14-7-9-15/h12-14H,2-11H2,1H3. The Morgan fingerprint density at radius 2 is 1.38 bits per heavy atom. The van der Waals surface area contributed by atoms with Crippen molar-refractivity contribution < 1.29 is 4.74 Å². The Morgan fingerprint density at radius 3 is 1.88 bits per heavy atom. The minimum atomic E-state index is 0.821. The van der Waals surface area contributed by atoms with Crippen LogP contribution in [-0.2, 0) is 4.74 Å². The van der Waals surface area contributed by atoms with Crippen LogP contribution in [-0.4, -0.2) is 77.5 Å². The van der Waals surface area contributed by atoms with Crippen LogP contribution in [0.5, 0.6) is 0 Å². The van der Waals surface area contributed by atoms with Gasteiger partial charge in [0.1, 0.15) is 0 Å². The lowest BCUT2D eigenvalue weighted by molar-refractivity contribution is 0.148. The molecular weight excluding hydrogens is 204 g/mol. The van der Waals surface area contributed by atoms with Crippen molar-refractivity contribution in [3.8, 4) is 0 Å². The van der Waals surface area contributed by atoms with Gasteiger partial charge in [0.2, 0.25) is 0 Å². The zero-order valence-electron chi connectivity index (χ0n) is 10.4. The first-order chi connectivity index (χ1) is 7.93. The molecule has 1 heterocycles. The third-order valence-corrected chi connectivity index (χ3v) is 2.78. The van der Waals surface area contributed by atoms with Gasteiger partial charge in [-0.2, -0.15) is 0 Å². The van der Waals surface area contributed by atoms with Gasteiger partial charge in [-0.3, -0.25) is 4.90 Å². The van der Waals surface area contributed by atoms with Crippen molar-refractivity contribution in [2.75, 3.05) is 72.6 Å². The van der Waals surface area contributed by atoms with Crippen molar-refractivity contribution in [2.45, 2.75) is 0 Å². The number of ether oxygens (including phenoxy) is 1. The molecule has 0 aromatic carbocycles. The van der Waals surface area contributed by atoms with Gasteiger partial charge in [-0.1, -0.05) is 0 Å². The average Bonchev–Trinajstić information content (AvgIpc) is 2.28. The van der Waals surface area contributed by atoms with Crippen molar-refractivity contribution in [1.29, 1.82) is 0 Å². The lowest BCUT2D eigenvalue weighted by atomic mass is 10.4. The maximum absolute atomic E-state index is 5.12. The summed E-state index contributed by atoms with van der Waals surface area (Å²) in [7, 11) is 1.76. The molecule has 0 radical (unpaired) electrons. The first-order valence-electron chi connectivity index (χ1n) is 6.27. The van der Waals surface area contributed by atoms with E-state index in [9.17, 15) is 0 Å². The van der Waals surface area contributed by atoms with E-state index in [-0.39, 0.29) is 0 Å². The monoisotopic (exact) mass is 230 g/mol. The molecule has 5 nitrogen and oxygen atoms in total. The molecule has 0 aromatic heterocycles. The highest BCUT2D eigenvalue weighted by Crippen LogP contribution is 1.87. The van der Waals surface area contributed by atoms with Gasteiger partial charge in [-0.05, 0) is 0 Å². The molecule has 3 N–H and O–H groups in total. The molecule has 1 fully saturated rings. The third-order valence-electron chi connectivity index (χ3n) is 2.78. The smallest absolute Gasteiger partial charge is 0.0589 e. The molecule has 1 aliphatic rings. The number of hydrogen-bond acceptors (Lipinski definition) is 5. The van der Waals surface area contributed by atoms with E-state index in [1.165, 1.54) is 0 Å². The minimum absolute atomic E-state index is 0.821. The number of methoxy groups -OCH3 is 1. The molecule has 0 saturated carbocycles. The van der Waals surface area contributed by atoms with E-state index in [1.807, 2.05) is 0 Å². The molecule has 0 aliphatic carbocycles. The van der Waals surface area contributed by atoms with Gasteiger partial charge < -0.3 is 20.7 Å². The fourth-order valence-electron chi connectivity index (χ4n) is 1.76. The predicted octanol–water partition coefficient (Wildman–Crippen LogP) is -1.28. The molecule has 1 aliphatic heterocycles. The maximum atomic E-state index is 5.12. The largest absolute Gasteiger partial charge is 0.383 e. The van der Waals surface area contributed by atoms with E-state index in [0.29, 0.717) is 0 Å². The molecule has 96 valence electrons. The average molecular weight is 230 g/mol. The highest BCUT2D eigenvalue weighted by atomic mass is 16.5. The number of nitrogens with one attached hydrogen (secondary N) is 3. The van der Waals surface area contributed by atoms with Crippen LogP contribution in [0.25, 0.3) is 0 Å². The van der Waals surface area contributed by atoms with E-state index < -0.39 is 0 Å². The number of nitrogens with zero attached hydrogens (tertiary/aromatic N) is 1. The van der Waals surface area contributed by atoms with E-state index in [4.69, 9.17) is 4.74 Å². The van der Waals surface area contributed by atoms with Gasteiger partial charge in [0.15, 0.2) is 0 Å². The van der Waals surface area contributed by atoms with Crippen LogP contribution >= 0.6 is 0 Å². The maximum Gasteiger partial charge on any atom is 0.0589 e. The highest BCUT2D eigenvalue weighted by Gasteiger charge is 2.04. The summed E-state index contributed by atoms with van der Waals surface area (Å²) in [5, 5.41) is 10.3. The number of rotatable bonds is 3. The Labute approximate surface area is 98.9 Å². The lowest BCUT2D eigenvalue weighted by Gasteiger charge is -2.23. The first-order valence-corrected chi connectivity index (χ1v) is 6.27. The summed E-state index contributed by atoms with van der Waals surface area (Å²) in [6.07, 6.45) is 0. The quantitative estimate of drug-likeness (QED) is 0.564. The summed E-state index contributed by atoms with van der Waals surface area (Å²) in [4.78, 5) is 2.44. The Balaban J connectivity index is 2.19. The van der Waals surface area contributed by atoms with E-state index in [2.05, 4.69) is 20.9 Å². The van der Waals surface area contributed by atoms with Gasteiger partial charge >= 0.3 is 0 Å². The van der Waals surface area contributed by atoms with Crippen LogP contribution in [0.2, 0.25) is 0 Å². The zero-order chi connectivity index (χ0) is 11.5. The molecule has 0 spiro atoms. The minimum Gasteiger partial charge on any atom is -0.383 e. The molecule has 5 heteroatoms. The molecule has 0 amide bonds. The van der Waals surface area contributed by atoms with Gasteiger partial charge in [0.05, 0.1) is 6.61 Å². The van der Waals surface area contributed by atoms with Crippen LogP contribution in [0, 0.1) is 0 Å². The summed E-state index contributed by atoms with van der Waals surface area (Å²) in [5.74, 6) is 0. The number of hydrogen-bond donors (Lipinski definition) is 3. The van der Waals surface area contributed by atoms with Crippen LogP contribution in [0.1, 0.15) is 0 Å². The molecule has 0 atom stereocenters. The van der Waals surface area contributed by atoms with Crippen LogP contribution < -0.4 is 16.0 Å². The summed E-state index contributed by atoms with van der Waals surface area (Å²) >= 11 is 0.